The number of thiazole rings is 1. The van der Waals surface area contributed by atoms with Gasteiger partial charge in [0.1, 0.15) is 11.3 Å². The van der Waals surface area contributed by atoms with Gasteiger partial charge in [-0.25, -0.2) is 13.8 Å². The number of nitrogens with zero attached hydrogens (tertiary/aromatic N) is 1. The number of carbonyl (C=O) groups excluding carboxylic acids is 1. The SMILES string of the molecule is O=C(Nc1nc2c(F)cc(F)cc2s1)c1ccc(Br)cc1. The Balaban J connectivity index is 1.89. The van der Waals surface area contributed by atoms with Crippen LogP contribution >= 0.6 is 27.3 Å². The molecule has 7 heteroatoms. The van der Waals surface area contributed by atoms with Gasteiger partial charge in [0.25, 0.3) is 5.91 Å². The summed E-state index contributed by atoms with van der Waals surface area (Å²) < 4.78 is 27.9. The minimum Gasteiger partial charge on any atom is -0.298 e. The highest BCUT2D eigenvalue weighted by Crippen LogP contribution is 2.29. The Morgan fingerprint density at radius 2 is 1.90 bits per heavy atom. The minimum absolute atomic E-state index is 0.0486. The molecule has 1 N–H and O–H groups in total. The van der Waals surface area contributed by atoms with E-state index in [0.717, 1.165) is 21.9 Å². The smallest absolute Gasteiger partial charge is 0.257 e. The molecule has 0 unspecified atom stereocenters. The van der Waals surface area contributed by atoms with E-state index in [1.54, 1.807) is 24.3 Å². The van der Waals surface area contributed by atoms with Crippen LogP contribution in [0.2, 0.25) is 0 Å². The number of fused-ring (bicyclic) bond motifs is 1. The molecule has 0 radical (unpaired) electrons. The summed E-state index contributed by atoms with van der Waals surface area (Å²) in [6.45, 7) is 0. The average Bonchev–Trinajstić information content (AvgIpc) is 2.82. The van der Waals surface area contributed by atoms with E-state index in [4.69, 9.17) is 0 Å². The molecule has 0 aliphatic rings. The normalized spacial score (nSPS) is 10.8. The van der Waals surface area contributed by atoms with Crippen molar-refractivity contribution >= 4 is 48.5 Å². The number of carbonyl (C=O) groups is 1. The Morgan fingerprint density at radius 3 is 2.62 bits per heavy atom. The number of hydrogen-bond donors (Lipinski definition) is 1. The van der Waals surface area contributed by atoms with Crippen LogP contribution in [0.25, 0.3) is 10.2 Å². The van der Waals surface area contributed by atoms with Crippen molar-refractivity contribution in [2.24, 2.45) is 0 Å². The highest BCUT2D eigenvalue weighted by molar-refractivity contribution is 9.10. The van der Waals surface area contributed by atoms with Crippen LogP contribution in [0.1, 0.15) is 10.4 Å². The lowest BCUT2D eigenvalue weighted by Crippen LogP contribution is -2.11. The van der Waals surface area contributed by atoms with Gasteiger partial charge in [-0.05, 0) is 30.3 Å². The molecule has 1 heterocycles. The third-order valence-corrected chi connectivity index (χ3v) is 4.19. The average molecular weight is 369 g/mol. The van der Waals surface area contributed by atoms with E-state index in [1.807, 2.05) is 0 Å². The third kappa shape index (κ3) is 2.93. The molecule has 0 fully saturated rings. The summed E-state index contributed by atoms with van der Waals surface area (Å²) in [5.41, 5.74) is 0.497. The van der Waals surface area contributed by atoms with Crippen molar-refractivity contribution in [1.29, 1.82) is 0 Å². The molecule has 0 spiro atoms. The maximum atomic E-state index is 13.6. The maximum absolute atomic E-state index is 13.6. The van der Waals surface area contributed by atoms with Crippen molar-refractivity contribution in [2.45, 2.75) is 0 Å². The highest BCUT2D eigenvalue weighted by Gasteiger charge is 2.13. The summed E-state index contributed by atoms with van der Waals surface area (Å²) in [6, 6.07) is 8.72. The van der Waals surface area contributed by atoms with E-state index in [-0.39, 0.29) is 16.6 Å². The molecule has 0 aliphatic heterocycles. The first-order valence-electron chi connectivity index (χ1n) is 5.85. The molecule has 0 atom stereocenters. The molecule has 21 heavy (non-hydrogen) atoms. The first-order chi connectivity index (χ1) is 10.0. The Labute approximate surface area is 130 Å². The van der Waals surface area contributed by atoms with Crippen molar-refractivity contribution in [3.05, 3.63) is 58.1 Å². The lowest BCUT2D eigenvalue weighted by Gasteiger charge is -2.01. The topological polar surface area (TPSA) is 42.0 Å². The molecule has 0 aliphatic carbocycles. The molecule has 3 nitrogen and oxygen atoms in total. The summed E-state index contributed by atoms with van der Waals surface area (Å²) in [4.78, 5) is 16.0. The van der Waals surface area contributed by atoms with Crippen LogP contribution in [0.4, 0.5) is 13.9 Å². The van der Waals surface area contributed by atoms with E-state index in [0.29, 0.717) is 10.3 Å². The van der Waals surface area contributed by atoms with Crippen molar-refractivity contribution in [1.82, 2.24) is 4.98 Å². The molecular formula is C14H7BrF2N2OS. The number of nitrogens with one attached hydrogen (secondary N) is 1. The summed E-state index contributed by atoms with van der Waals surface area (Å²) in [5.74, 6) is -1.78. The maximum Gasteiger partial charge on any atom is 0.257 e. The van der Waals surface area contributed by atoms with E-state index in [9.17, 15) is 13.6 Å². The summed E-state index contributed by atoms with van der Waals surface area (Å²) in [7, 11) is 0. The van der Waals surface area contributed by atoms with Crippen LogP contribution in [-0.4, -0.2) is 10.9 Å². The molecule has 2 aromatic carbocycles. The predicted molar refractivity (Wildman–Crippen MR) is 81.6 cm³/mol. The van der Waals surface area contributed by atoms with Gasteiger partial charge >= 0.3 is 0 Å². The van der Waals surface area contributed by atoms with Crippen LogP contribution in [0.15, 0.2) is 40.9 Å². The predicted octanol–water partition coefficient (Wildman–Crippen LogP) is 4.59. The Morgan fingerprint density at radius 1 is 1.19 bits per heavy atom. The molecule has 3 rings (SSSR count). The zero-order valence-corrected chi connectivity index (χ0v) is 12.8. The van der Waals surface area contributed by atoms with E-state index < -0.39 is 11.6 Å². The number of hydrogen-bond acceptors (Lipinski definition) is 3. The van der Waals surface area contributed by atoms with Crippen molar-refractivity contribution in [2.75, 3.05) is 5.32 Å². The zero-order valence-electron chi connectivity index (χ0n) is 10.4. The quantitative estimate of drug-likeness (QED) is 0.718. The molecule has 0 saturated heterocycles. The van der Waals surface area contributed by atoms with Crippen LogP contribution < -0.4 is 5.32 Å². The fourth-order valence-corrected chi connectivity index (χ4v) is 2.95. The van der Waals surface area contributed by atoms with Crippen molar-refractivity contribution < 1.29 is 13.6 Å². The van der Waals surface area contributed by atoms with Gasteiger partial charge in [0.15, 0.2) is 10.9 Å². The van der Waals surface area contributed by atoms with Crippen LogP contribution in [0.3, 0.4) is 0 Å². The van der Waals surface area contributed by atoms with Crippen LogP contribution in [0.5, 0.6) is 0 Å². The molecule has 3 aromatic rings. The number of aromatic nitrogens is 1. The molecular weight excluding hydrogens is 362 g/mol. The first kappa shape index (κ1) is 14.1. The minimum atomic E-state index is -0.745. The van der Waals surface area contributed by atoms with E-state index >= 15 is 0 Å². The van der Waals surface area contributed by atoms with Gasteiger partial charge < -0.3 is 0 Å². The summed E-state index contributed by atoms with van der Waals surface area (Å²) in [5, 5.41) is 2.80. The molecule has 1 aromatic heterocycles. The highest BCUT2D eigenvalue weighted by atomic mass is 79.9. The van der Waals surface area contributed by atoms with Gasteiger partial charge in [-0.1, -0.05) is 27.3 Å². The first-order valence-corrected chi connectivity index (χ1v) is 7.46. The lowest BCUT2D eigenvalue weighted by molar-refractivity contribution is 0.102. The number of benzene rings is 2. The van der Waals surface area contributed by atoms with Crippen LogP contribution in [-0.2, 0) is 0 Å². The van der Waals surface area contributed by atoms with Gasteiger partial charge in [-0.15, -0.1) is 0 Å². The number of amides is 1. The molecule has 1 amide bonds. The van der Waals surface area contributed by atoms with Gasteiger partial charge in [0, 0.05) is 16.1 Å². The van der Waals surface area contributed by atoms with Gasteiger partial charge in [-0.3, -0.25) is 10.1 Å². The lowest BCUT2D eigenvalue weighted by atomic mass is 10.2. The van der Waals surface area contributed by atoms with Gasteiger partial charge in [-0.2, -0.15) is 0 Å². The Bertz CT molecular complexity index is 833. The Kier molecular flexibility index (Phi) is 3.69. The van der Waals surface area contributed by atoms with Crippen molar-refractivity contribution in [3.63, 3.8) is 0 Å². The molecule has 0 saturated carbocycles. The van der Waals surface area contributed by atoms with E-state index in [2.05, 4.69) is 26.2 Å². The standard InChI is InChI=1S/C14H7BrF2N2OS/c15-8-3-1-7(2-4-8)13(20)19-14-18-12-10(17)5-9(16)6-11(12)21-14/h1-6H,(H,18,19,20). The fourth-order valence-electron chi connectivity index (χ4n) is 1.78. The Hall–Kier alpha value is -1.86. The molecule has 106 valence electrons. The van der Waals surface area contributed by atoms with E-state index in [1.165, 1.54) is 6.07 Å². The van der Waals surface area contributed by atoms with Gasteiger partial charge in [0.05, 0.1) is 4.70 Å². The second kappa shape index (κ2) is 5.50. The number of anilines is 1. The fraction of sp³-hybridized carbons (Fsp3) is 0. The van der Waals surface area contributed by atoms with Crippen molar-refractivity contribution in [3.8, 4) is 0 Å². The summed E-state index contributed by atoms with van der Waals surface area (Å²) in [6.07, 6.45) is 0. The number of halogens is 3. The van der Waals surface area contributed by atoms with Gasteiger partial charge in [0.2, 0.25) is 0 Å². The monoisotopic (exact) mass is 368 g/mol. The second-order valence-corrected chi connectivity index (χ2v) is 6.16. The third-order valence-electron chi connectivity index (χ3n) is 2.74. The summed E-state index contributed by atoms with van der Waals surface area (Å²) >= 11 is 4.30. The second-order valence-electron chi connectivity index (χ2n) is 4.21. The van der Waals surface area contributed by atoms with Crippen LogP contribution in [0, 0.1) is 11.6 Å². The largest absolute Gasteiger partial charge is 0.298 e. The zero-order chi connectivity index (χ0) is 15.0. The molecule has 0 bridgehead atoms. The number of rotatable bonds is 2.